The highest BCUT2D eigenvalue weighted by atomic mass is 16.3. The SMILES string of the molecule is CC(CCO)Nc1nc(N)nc2[nH]ncc12. The van der Waals surface area contributed by atoms with Gasteiger partial charge in [0.05, 0.1) is 11.6 Å². The highest BCUT2D eigenvalue weighted by Gasteiger charge is 2.10. The molecule has 0 aliphatic carbocycles. The molecule has 2 aromatic heterocycles. The van der Waals surface area contributed by atoms with E-state index >= 15 is 0 Å². The van der Waals surface area contributed by atoms with E-state index in [2.05, 4.69) is 25.5 Å². The summed E-state index contributed by atoms with van der Waals surface area (Å²) in [7, 11) is 0. The first-order valence-corrected chi connectivity index (χ1v) is 5.04. The summed E-state index contributed by atoms with van der Waals surface area (Å²) in [6.07, 6.45) is 2.28. The van der Waals surface area contributed by atoms with Crippen molar-refractivity contribution in [2.75, 3.05) is 17.7 Å². The van der Waals surface area contributed by atoms with Gasteiger partial charge in [-0.2, -0.15) is 15.1 Å². The van der Waals surface area contributed by atoms with Crippen LogP contribution in [-0.4, -0.2) is 37.9 Å². The Hall–Kier alpha value is -1.89. The first-order chi connectivity index (χ1) is 7.70. The van der Waals surface area contributed by atoms with Crippen LogP contribution in [0.3, 0.4) is 0 Å². The Bertz CT molecular complexity index is 482. The number of nitrogens with zero attached hydrogens (tertiary/aromatic N) is 3. The third kappa shape index (κ3) is 2.03. The number of anilines is 2. The van der Waals surface area contributed by atoms with Gasteiger partial charge in [-0.3, -0.25) is 5.10 Å². The van der Waals surface area contributed by atoms with Crippen molar-refractivity contribution in [3.8, 4) is 0 Å². The fourth-order valence-electron chi connectivity index (χ4n) is 1.46. The Morgan fingerprint density at radius 3 is 3.12 bits per heavy atom. The third-order valence-corrected chi connectivity index (χ3v) is 2.27. The maximum Gasteiger partial charge on any atom is 0.224 e. The largest absolute Gasteiger partial charge is 0.396 e. The number of aromatic nitrogens is 4. The fraction of sp³-hybridized carbons (Fsp3) is 0.444. The van der Waals surface area contributed by atoms with Crippen LogP contribution in [0.25, 0.3) is 11.0 Å². The van der Waals surface area contributed by atoms with E-state index < -0.39 is 0 Å². The summed E-state index contributed by atoms with van der Waals surface area (Å²) >= 11 is 0. The van der Waals surface area contributed by atoms with Crippen molar-refractivity contribution in [3.63, 3.8) is 0 Å². The lowest BCUT2D eigenvalue weighted by molar-refractivity contribution is 0.282. The normalized spacial score (nSPS) is 12.9. The van der Waals surface area contributed by atoms with Gasteiger partial charge in [-0.15, -0.1) is 0 Å². The van der Waals surface area contributed by atoms with Gasteiger partial charge in [0.15, 0.2) is 5.65 Å². The lowest BCUT2D eigenvalue weighted by atomic mass is 10.2. The number of aromatic amines is 1. The molecule has 0 aromatic carbocycles. The van der Waals surface area contributed by atoms with Crippen molar-refractivity contribution in [2.24, 2.45) is 0 Å². The number of fused-ring (bicyclic) bond motifs is 1. The molecule has 0 spiro atoms. The van der Waals surface area contributed by atoms with E-state index in [0.29, 0.717) is 17.9 Å². The summed E-state index contributed by atoms with van der Waals surface area (Å²) in [6, 6.07) is 0.109. The molecule has 0 fully saturated rings. The number of hydrogen-bond acceptors (Lipinski definition) is 6. The van der Waals surface area contributed by atoms with Gasteiger partial charge >= 0.3 is 0 Å². The number of hydrogen-bond donors (Lipinski definition) is 4. The molecule has 2 aromatic rings. The number of nitrogens with two attached hydrogens (primary N) is 1. The van der Waals surface area contributed by atoms with Crippen LogP contribution in [0, 0.1) is 0 Å². The maximum absolute atomic E-state index is 8.83. The summed E-state index contributed by atoms with van der Waals surface area (Å²) in [5.74, 6) is 0.827. The Morgan fingerprint density at radius 2 is 2.38 bits per heavy atom. The molecule has 1 atom stereocenters. The Kier molecular flexibility index (Phi) is 2.86. The van der Waals surface area contributed by atoms with Crippen LogP contribution >= 0.6 is 0 Å². The number of nitrogens with one attached hydrogen (secondary N) is 2. The number of aliphatic hydroxyl groups excluding tert-OH is 1. The summed E-state index contributed by atoms with van der Waals surface area (Å²) in [4.78, 5) is 8.12. The average molecular weight is 222 g/mol. The molecular formula is C9H14N6O. The molecule has 1 unspecified atom stereocenters. The number of nitrogen functional groups attached to an aromatic ring is 1. The van der Waals surface area contributed by atoms with Crippen LogP contribution in [0.1, 0.15) is 13.3 Å². The molecule has 0 saturated heterocycles. The summed E-state index contributed by atoms with van der Waals surface area (Å²) in [5, 5.41) is 19.4. The zero-order valence-electron chi connectivity index (χ0n) is 8.94. The molecule has 0 bridgehead atoms. The third-order valence-electron chi connectivity index (χ3n) is 2.27. The van der Waals surface area contributed by atoms with Crippen LogP contribution in [0.5, 0.6) is 0 Å². The monoisotopic (exact) mass is 222 g/mol. The predicted octanol–water partition coefficient (Wildman–Crippen LogP) is 0.118. The molecule has 2 rings (SSSR count). The van der Waals surface area contributed by atoms with Crippen LogP contribution in [0.15, 0.2) is 6.20 Å². The van der Waals surface area contributed by atoms with Crippen LogP contribution < -0.4 is 11.1 Å². The van der Waals surface area contributed by atoms with E-state index in [1.807, 2.05) is 6.92 Å². The molecule has 0 aliphatic heterocycles. The zero-order chi connectivity index (χ0) is 11.5. The zero-order valence-corrected chi connectivity index (χ0v) is 8.94. The van der Waals surface area contributed by atoms with E-state index in [-0.39, 0.29) is 18.6 Å². The first-order valence-electron chi connectivity index (χ1n) is 5.04. The minimum atomic E-state index is 0.109. The predicted molar refractivity (Wildman–Crippen MR) is 60.9 cm³/mol. The van der Waals surface area contributed by atoms with Crippen molar-refractivity contribution >= 4 is 22.8 Å². The van der Waals surface area contributed by atoms with E-state index in [0.717, 1.165) is 5.39 Å². The highest BCUT2D eigenvalue weighted by Crippen LogP contribution is 2.19. The lowest BCUT2D eigenvalue weighted by Gasteiger charge is -2.13. The molecule has 0 saturated carbocycles. The fourth-order valence-corrected chi connectivity index (χ4v) is 1.46. The van der Waals surface area contributed by atoms with Crippen molar-refractivity contribution in [2.45, 2.75) is 19.4 Å². The standard InChI is InChI=1S/C9H14N6O/c1-5(2-3-16)12-7-6-4-11-15-8(6)14-9(10)13-7/h4-5,16H,2-3H2,1H3,(H4,10,11,12,13,14,15). The van der Waals surface area contributed by atoms with Gasteiger partial charge in [0.25, 0.3) is 0 Å². The molecule has 16 heavy (non-hydrogen) atoms. The Morgan fingerprint density at radius 1 is 1.56 bits per heavy atom. The molecule has 0 amide bonds. The summed E-state index contributed by atoms with van der Waals surface area (Å²) in [6.45, 7) is 2.09. The highest BCUT2D eigenvalue weighted by molar-refractivity contribution is 5.86. The Labute approximate surface area is 92.1 Å². The van der Waals surface area contributed by atoms with Gasteiger partial charge in [-0.1, -0.05) is 0 Å². The topological polar surface area (TPSA) is 113 Å². The van der Waals surface area contributed by atoms with E-state index in [1.165, 1.54) is 0 Å². The molecule has 0 radical (unpaired) electrons. The van der Waals surface area contributed by atoms with E-state index in [9.17, 15) is 0 Å². The van der Waals surface area contributed by atoms with Crippen LogP contribution in [-0.2, 0) is 0 Å². The maximum atomic E-state index is 8.83. The molecule has 0 aliphatic rings. The molecule has 5 N–H and O–H groups in total. The second-order valence-electron chi connectivity index (χ2n) is 3.62. The van der Waals surface area contributed by atoms with Crippen molar-refractivity contribution < 1.29 is 5.11 Å². The van der Waals surface area contributed by atoms with Gasteiger partial charge in [-0.05, 0) is 13.3 Å². The Balaban J connectivity index is 2.31. The average Bonchev–Trinajstić information content (AvgIpc) is 2.65. The first kappa shape index (κ1) is 10.6. The minimum Gasteiger partial charge on any atom is -0.396 e. The summed E-state index contributed by atoms with van der Waals surface area (Å²) < 4.78 is 0. The van der Waals surface area contributed by atoms with Gasteiger partial charge in [0.2, 0.25) is 5.95 Å². The summed E-state index contributed by atoms with van der Waals surface area (Å²) in [5.41, 5.74) is 6.18. The smallest absolute Gasteiger partial charge is 0.224 e. The van der Waals surface area contributed by atoms with Gasteiger partial charge in [0, 0.05) is 12.6 Å². The second kappa shape index (κ2) is 4.31. The lowest BCUT2D eigenvalue weighted by Crippen LogP contribution is -2.18. The van der Waals surface area contributed by atoms with Gasteiger partial charge in [0.1, 0.15) is 5.82 Å². The minimum absolute atomic E-state index is 0.109. The quantitative estimate of drug-likeness (QED) is 0.584. The van der Waals surface area contributed by atoms with Crippen LogP contribution in [0.2, 0.25) is 0 Å². The van der Waals surface area contributed by atoms with Crippen molar-refractivity contribution in [1.29, 1.82) is 0 Å². The molecule has 7 heteroatoms. The van der Waals surface area contributed by atoms with Crippen molar-refractivity contribution in [3.05, 3.63) is 6.20 Å². The number of aliphatic hydroxyl groups is 1. The molecule has 86 valence electrons. The molecular weight excluding hydrogens is 208 g/mol. The second-order valence-corrected chi connectivity index (χ2v) is 3.62. The van der Waals surface area contributed by atoms with Crippen molar-refractivity contribution in [1.82, 2.24) is 20.2 Å². The van der Waals surface area contributed by atoms with E-state index in [1.54, 1.807) is 6.20 Å². The number of rotatable bonds is 4. The van der Waals surface area contributed by atoms with Gasteiger partial charge < -0.3 is 16.2 Å². The van der Waals surface area contributed by atoms with Crippen LogP contribution in [0.4, 0.5) is 11.8 Å². The molecule has 2 heterocycles. The molecule has 7 nitrogen and oxygen atoms in total. The van der Waals surface area contributed by atoms with E-state index in [4.69, 9.17) is 10.8 Å². The van der Waals surface area contributed by atoms with Gasteiger partial charge in [-0.25, -0.2) is 0 Å². The number of H-pyrrole nitrogens is 1.